The van der Waals surface area contributed by atoms with Crippen molar-refractivity contribution in [3.05, 3.63) is 35.4 Å². The number of aliphatic hydroxyl groups is 1. The Morgan fingerprint density at radius 1 is 1.40 bits per heavy atom. The number of hydrogen-bond acceptors (Lipinski definition) is 4. The van der Waals surface area contributed by atoms with E-state index in [0.29, 0.717) is 19.0 Å². The summed E-state index contributed by atoms with van der Waals surface area (Å²) >= 11 is 0. The summed E-state index contributed by atoms with van der Waals surface area (Å²) in [6.07, 6.45) is 3.40. The van der Waals surface area contributed by atoms with Crippen LogP contribution in [0.2, 0.25) is 0 Å². The zero-order valence-electron chi connectivity index (χ0n) is 12.0. The van der Waals surface area contributed by atoms with E-state index in [1.165, 1.54) is 18.2 Å². The quantitative estimate of drug-likeness (QED) is 0.774. The lowest BCUT2D eigenvalue weighted by Crippen LogP contribution is -2.31. The van der Waals surface area contributed by atoms with Crippen molar-refractivity contribution >= 4 is 5.97 Å². The van der Waals surface area contributed by atoms with Gasteiger partial charge in [0, 0.05) is 19.0 Å². The van der Waals surface area contributed by atoms with Gasteiger partial charge in [0.25, 0.3) is 0 Å². The Kier molecular flexibility index (Phi) is 5.56. The molecule has 0 radical (unpaired) electrons. The molecule has 2 rings (SSSR count). The average Bonchev–Trinajstić information content (AvgIpc) is 2.90. The van der Waals surface area contributed by atoms with Crippen molar-refractivity contribution in [1.82, 2.24) is 4.90 Å². The normalized spacial score (nSPS) is 17.2. The molecule has 0 heterocycles. The molecular formula is C16H23NO3. The number of aliphatic hydroxyl groups excluding tert-OH is 1. The number of hydrogen-bond donors (Lipinski definition) is 1. The number of esters is 1. The number of carbonyl (C=O) groups excluding carboxylic acids is 1. The summed E-state index contributed by atoms with van der Waals surface area (Å²) in [4.78, 5) is 13.5. The van der Waals surface area contributed by atoms with Crippen LogP contribution in [-0.4, -0.2) is 42.8 Å². The molecule has 1 unspecified atom stereocenters. The number of rotatable bonds is 7. The van der Waals surface area contributed by atoms with Crippen molar-refractivity contribution in [2.24, 2.45) is 0 Å². The Labute approximate surface area is 120 Å². The molecule has 1 aromatic carbocycles. The van der Waals surface area contributed by atoms with Crippen molar-refractivity contribution in [2.45, 2.75) is 31.7 Å². The van der Waals surface area contributed by atoms with Crippen molar-refractivity contribution in [1.29, 1.82) is 0 Å². The lowest BCUT2D eigenvalue weighted by atomic mass is 10.1. The number of fused-ring (bicyclic) bond motifs is 1. The predicted molar refractivity (Wildman–Crippen MR) is 77.4 cm³/mol. The van der Waals surface area contributed by atoms with Crippen LogP contribution in [0.3, 0.4) is 0 Å². The molecule has 0 amide bonds. The van der Waals surface area contributed by atoms with Gasteiger partial charge in [-0.3, -0.25) is 9.69 Å². The van der Waals surface area contributed by atoms with Gasteiger partial charge in [0.05, 0.1) is 13.7 Å². The number of benzene rings is 1. The highest BCUT2D eigenvalue weighted by atomic mass is 16.5. The second-order valence-corrected chi connectivity index (χ2v) is 5.19. The van der Waals surface area contributed by atoms with Gasteiger partial charge in [0.1, 0.15) is 0 Å². The van der Waals surface area contributed by atoms with Gasteiger partial charge < -0.3 is 9.84 Å². The summed E-state index contributed by atoms with van der Waals surface area (Å²) in [5.74, 6) is -0.166. The molecule has 110 valence electrons. The van der Waals surface area contributed by atoms with Crippen LogP contribution in [0.25, 0.3) is 0 Å². The number of methoxy groups -OCH3 is 1. The maximum atomic E-state index is 11.2. The van der Waals surface area contributed by atoms with Crippen molar-refractivity contribution < 1.29 is 14.6 Å². The van der Waals surface area contributed by atoms with Crippen molar-refractivity contribution in [3.63, 3.8) is 0 Å². The Hall–Kier alpha value is -1.39. The zero-order chi connectivity index (χ0) is 14.4. The largest absolute Gasteiger partial charge is 0.469 e. The molecule has 0 saturated heterocycles. The summed E-state index contributed by atoms with van der Waals surface area (Å²) in [5.41, 5.74) is 2.78. The smallest absolute Gasteiger partial charge is 0.305 e. The third kappa shape index (κ3) is 3.58. The van der Waals surface area contributed by atoms with Crippen molar-refractivity contribution in [2.75, 3.05) is 26.8 Å². The van der Waals surface area contributed by atoms with E-state index in [4.69, 9.17) is 0 Å². The van der Waals surface area contributed by atoms with E-state index in [1.54, 1.807) is 0 Å². The second-order valence-electron chi connectivity index (χ2n) is 5.19. The predicted octanol–water partition coefficient (Wildman–Crippen LogP) is 1.92. The summed E-state index contributed by atoms with van der Waals surface area (Å²) < 4.78 is 4.67. The Balaban J connectivity index is 1.97. The monoisotopic (exact) mass is 277 g/mol. The second kappa shape index (κ2) is 7.41. The maximum Gasteiger partial charge on any atom is 0.305 e. The highest BCUT2D eigenvalue weighted by Crippen LogP contribution is 2.35. The molecule has 0 aliphatic heterocycles. The number of ether oxygens (including phenoxy) is 1. The van der Waals surface area contributed by atoms with E-state index in [1.807, 2.05) is 0 Å². The van der Waals surface area contributed by atoms with Gasteiger partial charge in [-0.1, -0.05) is 24.3 Å². The summed E-state index contributed by atoms with van der Waals surface area (Å²) in [6, 6.07) is 8.88. The van der Waals surface area contributed by atoms with Crippen LogP contribution < -0.4 is 0 Å². The Morgan fingerprint density at radius 3 is 2.95 bits per heavy atom. The molecule has 4 nitrogen and oxygen atoms in total. The first-order chi connectivity index (χ1) is 9.76. The van der Waals surface area contributed by atoms with Crippen LogP contribution in [0.4, 0.5) is 0 Å². The molecule has 0 saturated carbocycles. The van der Waals surface area contributed by atoms with Gasteiger partial charge in [-0.15, -0.1) is 0 Å². The molecule has 4 heteroatoms. The van der Waals surface area contributed by atoms with Crippen LogP contribution in [0.15, 0.2) is 24.3 Å². The summed E-state index contributed by atoms with van der Waals surface area (Å²) in [5, 5.41) is 9.27. The molecule has 20 heavy (non-hydrogen) atoms. The standard InChI is InChI=1S/C16H23NO3/c1-20-16(19)7-4-10-17(11-12-18)15-9-8-13-5-2-3-6-14(13)15/h2-3,5-6,15,18H,4,7-12H2,1H3. The van der Waals surface area contributed by atoms with E-state index in [9.17, 15) is 9.90 Å². The van der Waals surface area contributed by atoms with Crippen molar-refractivity contribution in [3.8, 4) is 0 Å². The summed E-state index contributed by atoms with van der Waals surface area (Å²) in [7, 11) is 1.42. The fourth-order valence-corrected chi connectivity index (χ4v) is 2.99. The molecule has 0 aromatic heterocycles. The van der Waals surface area contributed by atoms with E-state index in [-0.39, 0.29) is 12.6 Å². The minimum absolute atomic E-state index is 0.150. The molecule has 1 N–H and O–H groups in total. The van der Waals surface area contributed by atoms with E-state index in [2.05, 4.69) is 33.9 Å². The van der Waals surface area contributed by atoms with Gasteiger partial charge in [-0.25, -0.2) is 0 Å². The van der Waals surface area contributed by atoms with Crippen LogP contribution in [0, 0.1) is 0 Å². The zero-order valence-corrected chi connectivity index (χ0v) is 12.0. The fourth-order valence-electron chi connectivity index (χ4n) is 2.99. The molecule has 0 bridgehead atoms. The first kappa shape index (κ1) is 15.0. The minimum Gasteiger partial charge on any atom is -0.469 e. The van der Waals surface area contributed by atoms with Gasteiger partial charge in [0.15, 0.2) is 0 Å². The number of carbonyl (C=O) groups is 1. The molecule has 1 aliphatic rings. The highest BCUT2D eigenvalue weighted by Gasteiger charge is 2.27. The lowest BCUT2D eigenvalue weighted by Gasteiger charge is -2.28. The van der Waals surface area contributed by atoms with Gasteiger partial charge in [0.2, 0.25) is 0 Å². The van der Waals surface area contributed by atoms with E-state index < -0.39 is 0 Å². The van der Waals surface area contributed by atoms with Gasteiger partial charge in [-0.05, 0) is 36.9 Å². The topological polar surface area (TPSA) is 49.8 Å². The maximum absolute atomic E-state index is 11.2. The molecule has 1 aliphatic carbocycles. The Morgan fingerprint density at radius 2 is 2.20 bits per heavy atom. The van der Waals surface area contributed by atoms with Gasteiger partial charge in [-0.2, -0.15) is 0 Å². The van der Waals surface area contributed by atoms with Crippen LogP contribution in [0.5, 0.6) is 0 Å². The third-order valence-corrected chi connectivity index (χ3v) is 3.98. The molecule has 0 fully saturated rings. The summed E-state index contributed by atoms with van der Waals surface area (Å²) in [6.45, 7) is 1.62. The molecule has 0 spiro atoms. The highest BCUT2D eigenvalue weighted by molar-refractivity contribution is 5.69. The lowest BCUT2D eigenvalue weighted by molar-refractivity contribution is -0.140. The first-order valence-corrected chi connectivity index (χ1v) is 7.25. The number of aryl methyl sites for hydroxylation is 1. The average molecular weight is 277 g/mol. The van der Waals surface area contributed by atoms with Crippen LogP contribution >= 0.6 is 0 Å². The van der Waals surface area contributed by atoms with Gasteiger partial charge >= 0.3 is 5.97 Å². The Bertz CT molecular complexity index is 447. The third-order valence-electron chi connectivity index (χ3n) is 3.98. The minimum atomic E-state index is -0.166. The van der Waals surface area contributed by atoms with E-state index >= 15 is 0 Å². The van der Waals surface area contributed by atoms with E-state index in [0.717, 1.165) is 25.8 Å². The molecule has 1 aromatic rings. The molecule has 1 atom stereocenters. The SMILES string of the molecule is COC(=O)CCCN(CCO)C1CCc2ccccc21. The first-order valence-electron chi connectivity index (χ1n) is 7.25. The van der Waals surface area contributed by atoms with Crippen LogP contribution in [0.1, 0.15) is 36.4 Å². The fraction of sp³-hybridized carbons (Fsp3) is 0.562. The molecular weight excluding hydrogens is 254 g/mol. The number of nitrogens with zero attached hydrogens (tertiary/aromatic N) is 1. The van der Waals surface area contributed by atoms with Crippen LogP contribution in [-0.2, 0) is 16.0 Å².